The molecule has 1 heterocycles. The standard InChI is InChI=1S/C12H19NO4/c1-11(2,3)17-10(15)13-4-5-16-12(8-13)6-9(14)7-12/h4-8H2,1-3H3. The first-order valence-corrected chi connectivity index (χ1v) is 5.93. The first-order chi connectivity index (χ1) is 7.80. The van der Waals surface area contributed by atoms with Gasteiger partial charge in [0.15, 0.2) is 0 Å². The molecule has 0 bridgehead atoms. The summed E-state index contributed by atoms with van der Waals surface area (Å²) in [6.45, 7) is 7.00. The molecule has 0 radical (unpaired) electrons. The Labute approximate surface area is 101 Å². The Kier molecular flexibility index (Phi) is 2.89. The van der Waals surface area contributed by atoms with Gasteiger partial charge in [-0.3, -0.25) is 4.79 Å². The van der Waals surface area contributed by atoms with Gasteiger partial charge in [0.1, 0.15) is 11.4 Å². The van der Waals surface area contributed by atoms with Crippen LogP contribution in [0.2, 0.25) is 0 Å². The number of nitrogens with zero attached hydrogens (tertiary/aromatic N) is 1. The monoisotopic (exact) mass is 241 g/mol. The van der Waals surface area contributed by atoms with Gasteiger partial charge in [-0.05, 0) is 20.8 Å². The molecule has 1 saturated carbocycles. The van der Waals surface area contributed by atoms with Gasteiger partial charge in [0, 0.05) is 19.4 Å². The van der Waals surface area contributed by atoms with E-state index in [0.717, 1.165) is 0 Å². The maximum atomic E-state index is 11.9. The molecule has 2 fully saturated rings. The van der Waals surface area contributed by atoms with Crippen molar-refractivity contribution >= 4 is 11.9 Å². The lowest BCUT2D eigenvalue weighted by atomic mass is 9.77. The van der Waals surface area contributed by atoms with Crippen LogP contribution in [0.3, 0.4) is 0 Å². The Balaban J connectivity index is 1.94. The summed E-state index contributed by atoms with van der Waals surface area (Å²) in [5.41, 5.74) is -0.912. The summed E-state index contributed by atoms with van der Waals surface area (Å²) >= 11 is 0. The van der Waals surface area contributed by atoms with Crippen LogP contribution in [-0.2, 0) is 14.3 Å². The van der Waals surface area contributed by atoms with Gasteiger partial charge in [-0.1, -0.05) is 0 Å². The van der Waals surface area contributed by atoms with Crippen molar-refractivity contribution < 1.29 is 19.1 Å². The van der Waals surface area contributed by atoms with Crippen molar-refractivity contribution in [3.8, 4) is 0 Å². The van der Waals surface area contributed by atoms with Gasteiger partial charge in [-0.2, -0.15) is 0 Å². The molecule has 17 heavy (non-hydrogen) atoms. The molecule has 2 rings (SSSR count). The molecular weight excluding hydrogens is 222 g/mol. The molecule has 5 heteroatoms. The van der Waals surface area contributed by atoms with E-state index in [1.807, 2.05) is 20.8 Å². The maximum Gasteiger partial charge on any atom is 0.410 e. The van der Waals surface area contributed by atoms with Crippen LogP contribution in [0.4, 0.5) is 4.79 Å². The third kappa shape index (κ3) is 2.77. The summed E-state index contributed by atoms with van der Waals surface area (Å²) in [6.07, 6.45) is 0.526. The van der Waals surface area contributed by atoms with E-state index in [-0.39, 0.29) is 11.9 Å². The highest BCUT2D eigenvalue weighted by molar-refractivity contribution is 5.87. The number of carbonyl (C=O) groups excluding carboxylic acids is 2. The molecule has 96 valence electrons. The zero-order valence-corrected chi connectivity index (χ0v) is 10.6. The summed E-state index contributed by atoms with van der Waals surface area (Å²) in [5, 5.41) is 0. The van der Waals surface area contributed by atoms with Crippen LogP contribution in [0, 0.1) is 0 Å². The molecule has 2 aliphatic rings. The van der Waals surface area contributed by atoms with Crippen molar-refractivity contribution in [3.05, 3.63) is 0 Å². The Bertz CT molecular complexity index is 337. The van der Waals surface area contributed by atoms with Crippen LogP contribution in [0.25, 0.3) is 0 Å². The Morgan fingerprint density at radius 2 is 2.06 bits per heavy atom. The van der Waals surface area contributed by atoms with Crippen molar-refractivity contribution in [1.29, 1.82) is 0 Å². The molecule has 0 aromatic rings. The second-order valence-corrected chi connectivity index (χ2v) is 5.83. The van der Waals surface area contributed by atoms with Crippen LogP contribution in [0.15, 0.2) is 0 Å². The van der Waals surface area contributed by atoms with Crippen molar-refractivity contribution in [2.45, 2.75) is 44.8 Å². The van der Waals surface area contributed by atoms with Gasteiger partial charge in [0.25, 0.3) is 0 Å². The number of morpholine rings is 1. The molecule has 0 N–H and O–H groups in total. The molecule has 1 saturated heterocycles. The fourth-order valence-corrected chi connectivity index (χ4v) is 2.21. The highest BCUT2D eigenvalue weighted by Crippen LogP contribution is 2.35. The predicted molar refractivity (Wildman–Crippen MR) is 60.7 cm³/mol. The largest absolute Gasteiger partial charge is 0.444 e. The minimum Gasteiger partial charge on any atom is -0.444 e. The normalized spacial score (nSPS) is 23.5. The summed E-state index contributed by atoms with van der Waals surface area (Å²) in [4.78, 5) is 24.6. The third-order valence-corrected chi connectivity index (χ3v) is 2.94. The number of ketones is 1. The van der Waals surface area contributed by atoms with Gasteiger partial charge >= 0.3 is 6.09 Å². The Morgan fingerprint density at radius 3 is 2.59 bits per heavy atom. The number of ether oxygens (including phenoxy) is 2. The predicted octanol–water partition coefficient (Wildman–Crippen LogP) is 1.36. The van der Waals surface area contributed by atoms with E-state index in [2.05, 4.69) is 0 Å². The quantitative estimate of drug-likeness (QED) is 0.642. The zero-order chi connectivity index (χ0) is 12.7. The number of carbonyl (C=O) groups is 2. The fraction of sp³-hybridized carbons (Fsp3) is 0.833. The van der Waals surface area contributed by atoms with Crippen molar-refractivity contribution in [2.75, 3.05) is 19.7 Å². The molecule has 0 unspecified atom stereocenters. The van der Waals surface area contributed by atoms with E-state index in [4.69, 9.17) is 9.47 Å². The molecule has 0 aromatic carbocycles. The van der Waals surface area contributed by atoms with Crippen molar-refractivity contribution in [2.24, 2.45) is 0 Å². The highest BCUT2D eigenvalue weighted by atomic mass is 16.6. The number of hydrogen-bond acceptors (Lipinski definition) is 4. The van der Waals surface area contributed by atoms with Gasteiger partial charge in [0.05, 0.1) is 18.8 Å². The molecule has 1 aliphatic carbocycles. The van der Waals surface area contributed by atoms with Crippen LogP contribution >= 0.6 is 0 Å². The van der Waals surface area contributed by atoms with E-state index in [0.29, 0.717) is 32.5 Å². The number of hydrogen-bond donors (Lipinski definition) is 0. The lowest BCUT2D eigenvalue weighted by molar-refractivity contribution is -0.168. The average Bonchev–Trinajstić information content (AvgIpc) is 2.13. The molecule has 1 aliphatic heterocycles. The van der Waals surface area contributed by atoms with Gasteiger partial charge in [0.2, 0.25) is 0 Å². The van der Waals surface area contributed by atoms with Gasteiger partial charge in [-0.15, -0.1) is 0 Å². The first kappa shape index (κ1) is 12.4. The molecule has 1 amide bonds. The second-order valence-electron chi connectivity index (χ2n) is 5.83. The molecule has 0 atom stereocenters. The van der Waals surface area contributed by atoms with E-state index >= 15 is 0 Å². The number of rotatable bonds is 0. The van der Waals surface area contributed by atoms with Crippen LogP contribution < -0.4 is 0 Å². The average molecular weight is 241 g/mol. The smallest absolute Gasteiger partial charge is 0.410 e. The number of Topliss-reactive ketones (excluding diaryl/α,β-unsaturated/α-hetero) is 1. The lowest BCUT2D eigenvalue weighted by Gasteiger charge is -2.47. The third-order valence-electron chi connectivity index (χ3n) is 2.94. The lowest BCUT2D eigenvalue weighted by Crippen LogP contribution is -2.60. The summed E-state index contributed by atoms with van der Waals surface area (Å²) < 4.78 is 10.9. The SMILES string of the molecule is CC(C)(C)OC(=O)N1CCOC2(CC(=O)C2)C1. The molecular formula is C12H19NO4. The Morgan fingerprint density at radius 1 is 1.41 bits per heavy atom. The van der Waals surface area contributed by atoms with E-state index < -0.39 is 11.2 Å². The van der Waals surface area contributed by atoms with Crippen molar-refractivity contribution in [1.82, 2.24) is 4.90 Å². The molecule has 1 spiro atoms. The molecule has 5 nitrogen and oxygen atoms in total. The Hall–Kier alpha value is -1.10. The van der Waals surface area contributed by atoms with E-state index in [1.54, 1.807) is 4.90 Å². The maximum absolute atomic E-state index is 11.9. The van der Waals surface area contributed by atoms with Crippen LogP contribution in [0.5, 0.6) is 0 Å². The zero-order valence-electron chi connectivity index (χ0n) is 10.6. The second kappa shape index (κ2) is 3.98. The topological polar surface area (TPSA) is 55.8 Å². The summed E-state index contributed by atoms with van der Waals surface area (Å²) in [6, 6.07) is 0. The van der Waals surface area contributed by atoms with Crippen LogP contribution in [0.1, 0.15) is 33.6 Å². The number of amides is 1. The summed E-state index contributed by atoms with van der Waals surface area (Å²) in [5.74, 6) is 0.205. The first-order valence-electron chi connectivity index (χ1n) is 5.93. The fourth-order valence-electron chi connectivity index (χ4n) is 2.21. The summed E-state index contributed by atoms with van der Waals surface area (Å²) in [7, 11) is 0. The van der Waals surface area contributed by atoms with Gasteiger partial charge < -0.3 is 14.4 Å². The van der Waals surface area contributed by atoms with Gasteiger partial charge in [-0.25, -0.2) is 4.79 Å². The van der Waals surface area contributed by atoms with E-state index in [1.165, 1.54) is 0 Å². The minimum atomic E-state index is -0.488. The van der Waals surface area contributed by atoms with Crippen molar-refractivity contribution in [3.63, 3.8) is 0 Å². The van der Waals surface area contributed by atoms with E-state index in [9.17, 15) is 9.59 Å². The van der Waals surface area contributed by atoms with Crippen LogP contribution in [-0.4, -0.2) is 47.7 Å². The molecule has 0 aromatic heterocycles. The minimum absolute atomic E-state index is 0.205. The highest BCUT2D eigenvalue weighted by Gasteiger charge is 2.49.